The average Bonchev–Trinajstić information content (AvgIpc) is 3.42. The summed E-state index contributed by atoms with van der Waals surface area (Å²) in [7, 11) is 0. The number of carbonyl (C=O) groups is 1. The first-order valence-corrected chi connectivity index (χ1v) is 10.9. The Bertz CT molecular complexity index is 1410. The van der Waals surface area contributed by atoms with Crippen molar-refractivity contribution in [2.75, 3.05) is 0 Å². The minimum Gasteiger partial charge on any atom is -0.452 e. The maximum Gasteiger partial charge on any atom is 0.331 e. The van der Waals surface area contributed by atoms with Crippen LogP contribution in [0.2, 0.25) is 5.02 Å². The molecule has 10 nitrogen and oxygen atoms in total. The molecule has 0 aliphatic rings. The zero-order valence-electron chi connectivity index (χ0n) is 18.8. The van der Waals surface area contributed by atoms with Crippen molar-refractivity contribution in [2.45, 2.75) is 27.0 Å². The van der Waals surface area contributed by atoms with E-state index in [1.165, 1.54) is 30.3 Å². The Hall–Kier alpha value is -4.31. The van der Waals surface area contributed by atoms with Gasteiger partial charge >= 0.3 is 5.97 Å². The number of non-ortho nitro benzene ring substituents is 1. The molecule has 0 aliphatic carbocycles. The summed E-state index contributed by atoms with van der Waals surface area (Å²) in [6.45, 7) is 4.07. The van der Waals surface area contributed by atoms with Gasteiger partial charge < -0.3 is 9.15 Å². The number of esters is 1. The van der Waals surface area contributed by atoms with Gasteiger partial charge in [0.2, 0.25) is 5.89 Å². The molecule has 11 heteroatoms. The molecular formula is C24H20ClN5O5. The molecule has 4 rings (SSSR count). The lowest BCUT2D eigenvalue weighted by Crippen LogP contribution is -2.04. The highest BCUT2D eigenvalue weighted by Gasteiger charge is 2.14. The third-order valence-corrected chi connectivity index (χ3v) is 5.60. The van der Waals surface area contributed by atoms with E-state index in [0.717, 1.165) is 22.5 Å². The minimum atomic E-state index is -0.585. The van der Waals surface area contributed by atoms with Crippen molar-refractivity contribution in [3.63, 3.8) is 0 Å². The molecule has 0 bridgehead atoms. The number of nitro benzene ring substituents is 1. The molecular weight excluding hydrogens is 474 g/mol. The standard InChI is InChI=1S/C24H20ClN5O5/c1-15-20(16(2)29(28-15)13-18-5-3-4-6-21(18)25)11-12-23(31)34-14-22-26-27-24(35-22)17-7-9-19(10-8-17)30(32)33/h3-12H,13-14H2,1-2H3/b12-11+. The Morgan fingerprint density at radius 2 is 1.91 bits per heavy atom. The number of benzene rings is 2. The molecule has 0 spiro atoms. The number of nitrogens with zero attached hydrogens (tertiary/aromatic N) is 5. The van der Waals surface area contributed by atoms with E-state index >= 15 is 0 Å². The summed E-state index contributed by atoms with van der Waals surface area (Å²) < 4.78 is 12.5. The van der Waals surface area contributed by atoms with Gasteiger partial charge in [-0.3, -0.25) is 14.8 Å². The van der Waals surface area contributed by atoms with Crippen LogP contribution >= 0.6 is 11.6 Å². The summed E-state index contributed by atoms with van der Waals surface area (Å²) >= 11 is 6.26. The number of carbonyl (C=O) groups excluding carboxylic acids is 1. The van der Waals surface area contributed by atoms with E-state index in [-0.39, 0.29) is 24.1 Å². The maximum atomic E-state index is 12.2. The highest BCUT2D eigenvalue weighted by Crippen LogP contribution is 2.22. The fraction of sp³-hybridized carbons (Fsp3) is 0.167. The molecule has 2 aromatic carbocycles. The Labute approximate surface area is 205 Å². The zero-order valence-corrected chi connectivity index (χ0v) is 19.6. The average molecular weight is 494 g/mol. The van der Waals surface area contributed by atoms with E-state index in [2.05, 4.69) is 15.3 Å². The van der Waals surface area contributed by atoms with Gasteiger partial charge in [0.15, 0.2) is 6.61 Å². The third-order valence-electron chi connectivity index (χ3n) is 5.23. The predicted octanol–water partition coefficient (Wildman–Crippen LogP) is 4.92. The van der Waals surface area contributed by atoms with Crippen LogP contribution in [0, 0.1) is 24.0 Å². The van der Waals surface area contributed by atoms with E-state index < -0.39 is 10.9 Å². The lowest BCUT2D eigenvalue weighted by Gasteiger charge is -2.06. The molecule has 0 atom stereocenters. The predicted molar refractivity (Wildman–Crippen MR) is 127 cm³/mol. The molecule has 2 heterocycles. The summed E-state index contributed by atoms with van der Waals surface area (Å²) in [4.78, 5) is 22.5. The monoisotopic (exact) mass is 493 g/mol. The Balaban J connectivity index is 1.37. The van der Waals surface area contributed by atoms with Crippen LogP contribution in [0.15, 0.2) is 59.0 Å². The smallest absolute Gasteiger partial charge is 0.331 e. The Morgan fingerprint density at radius 1 is 1.17 bits per heavy atom. The molecule has 0 fully saturated rings. The summed E-state index contributed by atoms with van der Waals surface area (Å²) in [5.74, 6) is -0.323. The second-order valence-corrected chi connectivity index (χ2v) is 7.99. The second-order valence-electron chi connectivity index (χ2n) is 7.58. The highest BCUT2D eigenvalue weighted by atomic mass is 35.5. The number of hydrogen-bond acceptors (Lipinski definition) is 8. The van der Waals surface area contributed by atoms with Gasteiger partial charge in [-0.25, -0.2) is 4.79 Å². The molecule has 0 N–H and O–H groups in total. The van der Waals surface area contributed by atoms with Gasteiger partial charge in [-0.1, -0.05) is 29.8 Å². The maximum absolute atomic E-state index is 12.2. The SMILES string of the molecule is Cc1nn(Cc2ccccc2Cl)c(C)c1/C=C/C(=O)OCc1nnc(-c2ccc([N+](=O)[O-])cc2)o1. The van der Waals surface area contributed by atoms with Gasteiger partial charge in [-0.15, -0.1) is 10.2 Å². The van der Waals surface area contributed by atoms with E-state index in [0.29, 0.717) is 17.1 Å². The van der Waals surface area contributed by atoms with E-state index in [1.807, 2.05) is 42.8 Å². The van der Waals surface area contributed by atoms with Crippen LogP contribution < -0.4 is 0 Å². The molecule has 2 aromatic heterocycles. The molecule has 0 radical (unpaired) electrons. The van der Waals surface area contributed by atoms with Crippen LogP contribution in [0.1, 0.15) is 28.4 Å². The summed E-state index contributed by atoms with van der Waals surface area (Å²) in [6, 6.07) is 13.2. The van der Waals surface area contributed by atoms with Crippen molar-refractivity contribution in [3.8, 4) is 11.5 Å². The third kappa shape index (κ3) is 5.61. The lowest BCUT2D eigenvalue weighted by molar-refractivity contribution is -0.384. The number of aromatic nitrogens is 4. The first-order chi connectivity index (χ1) is 16.8. The fourth-order valence-corrected chi connectivity index (χ4v) is 3.58. The number of aryl methyl sites for hydroxylation is 1. The van der Waals surface area contributed by atoms with Crippen molar-refractivity contribution in [2.24, 2.45) is 0 Å². The molecule has 4 aromatic rings. The molecule has 0 saturated carbocycles. The fourth-order valence-electron chi connectivity index (χ4n) is 3.38. The van der Waals surface area contributed by atoms with Crippen molar-refractivity contribution in [1.29, 1.82) is 0 Å². The molecule has 0 amide bonds. The van der Waals surface area contributed by atoms with Crippen LogP contribution in [0.4, 0.5) is 5.69 Å². The molecule has 0 saturated heterocycles. The normalized spacial score (nSPS) is 11.2. The van der Waals surface area contributed by atoms with Gasteiger partial charge in [0, 0.05) is 40.1 Å². The molecule has 0 aliphatic heterocycles. The van der Waals surface area contributed by atoms with Crippen molar-refractivity contribution >= 4 is 29.3 Å². The first-order valence-electron chi connectivity index (χ1n) is 10.5. The minimum absolute atomic E-state index is 0.0471. The quantitative estimate of drug-likeness (QED) is 0.146. The van der Waals surface area contributed by atoms with Crippen LogP contribution in [0.3, 0.4) is 0 Å². The first kappa shape index (κ1) is 23.8. The number of ether oxygens (including phenoxy) is 1. The van der Waals surface area contributed by atoms with Gasteiger partial charge in [0.05, 0.1) is 17.2 Å². The summed E-state index contributed by atoms with van der Waals surface area (Å²) in [6.07, 6.45) is 2.96. The second kappa shape index (κ2) is 10.3. The van der Waals surface area contributed by atoms with E-state index in [1.54, 1.807) is 6.08 Å². The van der Waals surface area contributed by atoms with Crippen molar-refractivity contribution < 1.29 is 18.9 Å². The Morgan fingerprint density at radius 3 is 2.63 bits per heavy atom. The van der Waals surface area contributed by atoms with E-state index in [4.69, 9.17) is 20.8 Å². The number of nitro groups is 1. The van der Waals surface area contributed by atoms with Gasteiger partial charge in [0.25, 0.3) is 11.6 Å². The number of halogens is 1. The molecule has 178 valence electrons. The van der Waals surface area contributed by atoms with Gasteiger partial charge in [-0.2, -0.15) is 5.10 Å². The van der Waals surface area contributed by atoms with E-state index in [9.17, 15) is 14.9 Å². The van der Waals surface area contributed by atoms with Crippen LogP contribution in [0.5, 0.6) is 0 Å². The van der Waals surface area contributed by atoms with Crippen LogP contribution in [0.25, 0.3) is 17.5 Å². The summed E-state index contributed by atoms with van der Waals surface area (Å²) in [5, 5.41) is 23.7. The summed E-state index contributed by atoms with van der Waals surface area (Å²) in [5.41, 5.74) is 3.88. The lowest BCUT2D eigenvalue weighted by atomic mass is 10.1. The van der Waals surface area contributed by atoms with Crippen molar-refractivity contribution in [3.05, 3.63) is 98.1 Å². The van der Waals surface area contributed by atoms with Crippen molar-refractivity contribution in [1.82, 2.24) is 20.0 Å². The largest absolute Gasteiger partial charge is 0.452 e. The topological polar surface area (TPSA) is 126 Å². The highest BCUT2D eigenvalue weighted by molar-refractivity contribution is 6.31. The van der Waals surface area contributed by atoms with Crippen LogP contribution in [-0.4, -0.2) is 30.9 Å². The van der Waals surface area contributed by atoms with Crippen LogP contribution in [-0.2, 0) is 22.7 Å². The van der Waals surface area contributed by atoms with Gasteiger partial charge in [0.1, 0.15) is 0 Å². The zero-order chi connectivity index (χ0) is 24.9. The van der Waals surface area contributed by atoms with Gasteiger partial charge in [-0.05, 0) is 43.7 Å². The molecule has 35 heavy (non-hydrogen) atoms. The molecule has 0 unspecified atom stereocenters. The Kier molecular flexibility index (Phi) is 7.02. The number of hydrogen-bond donors (Lipinski definition) is 0. The number of rotatable bonds is 8.